The topological polar surface area (TPSA) is 116 Å². The van der Waals surface area contributed by atoms with Gasteiger partial charge < -0.3 is 20.9 Å². The first-order valence-electron chi connectivity index (χ1n) is 13.1. The van der Waals surface area contributed by atoms with Crippen molar-refractivity contribution in [1.29, 1.82) is 0 Å². The van der Waals surface area contributed by atoms with Crippen molar-refractivity contribution in [2.75, 3.05) is 18.4 Å². The molecule has 1 aromatic heterocycles. The summed E-state index contributed by atoms with van der Waals surface area (Å²) in [4.78, 5) is 41.9. The van der Waals surface area contributed by atoms with Crippen LogP contribution in [0.1, 0.15) is 44.2 Å². The highest BCUT2D eigenvalue weighted by atomic mass is 32.1. The molecule has 3 atom stereocenters. The second-order valence-corrected chi connectivity index (χ2v) is 10.7. The third kappa shape index (κ3) is 6.08. The average Bonchev–Trinajstić information content (AvgIpc) is 3.44. The van der Waals surface area contributed by atoms with Crippen molar-refractivity contribution in [1.82, 2.24) is 25.1 Å². The van der Waals surface area contributed by atoms with E-state index in [9.17, 15) is 14.4 Å². The molecular weight excluding hydrogens is 500 g/mol. The summed E-state index contributed by atoms with van der Waals surface area (Å²) < 4.78 is 4.02. The molecule has 3 N–H and O–H groups in total. The molecule has 198 valence electrons. The van der Waals surface area contributed by atoms with Crippen molar-refractivity contribution in [3.63, 3.8) is 0 Å². The van der Waals surface area contributed by atoms with E-state index in [2.05, 4.69) is 25.5 Å². The van der Waals surface area contributed by atoms with Crippen molar-refractivity contribution < 1.29 is 14.4 Å². The molecule has 3 aromatic rings. The summed E-state index contributed by atoms with van der Waals surface area (Å²) in [6, 6.07) is 16.8. The summed E-state index contributed by atoms with van der Waals surface area (Å²) in [6.07, 6.45) is 3.62. The Morgan fingerprint density at radius 1 is 1.03 bits per heavy atom. The van der Waals surface area contributed by atoms with Gasteiger partial charge in [-0.25, -0.2) is 0 Å². The van der Waals surface area contributed by atoms with Crippen molar-refractivity contribution in [2.45, 2.75) is 50.7 Å². The largest absolute Gasteiger partial charge is 0.339 e. The van der Waals surface area contributed by atoms with E-state index in [0.717, 1.165) is 23.6 Å². The third-order valence-corrected chi connectivity index (χ3v) is 7.72. The van der Waals surface area contributed by atoms with Crippen LogP contribution < -0.4 is 16.0 Å². The van der Waals surface area contributed by atoms with Gasteiger partial charge >= 0.3 is 0 Å². The molecule has 1 saturated heterocycles. The van der Waals surface area contributed by atoms with E-state index >= 15 is 0 Å². The first-order valence-corrected chi connectivity index (χ1v) is 13.9. The molecule has 9 nitrogen and oxygen atoms in total. The van der Waals surface area contributed by atoms with Crippen LogP contribution in [-0.4, -0.2) is 57.4 Å². The summed E-state index contributed by atoms with van der Waals surface area (Å²) in [7, 11) is 0. The molecule has 5 rings (SSSR count). The molecular formula is C28H32N6O3S. The van der Waals surface area contributed by atoms with Gasteiger partial charge in [0, 0.05) is 23.6 Å². The van der Waals surface area contributed by atoms with E-state index in [-0.39, 0.29) is 17.7 Å². The maximum atomic E-state index is 13.9. The van der Waals surface area contributed by atoms with Crippen LogP contribution in [0.5, 0.6) is 0 Å². The number of hydrogen-bond acceptors (Lipinski definition) is 7. The molecule has 10 heteroatoms. The molecule has 2 aliphatic rings. The number of nitrogens with one attached hydrogen (secondary N) is 3. The highest BCUT2D eigenvalue weighted by molar-refractivity contribution is 7.10. The quantitative estimate of drug-likeness (QED) is 0.369. The monoisotopic (exact) mass is 532 g/mol. The highest BCUT2D eigenvalue weighted by Crippen LogP contribution is 2.31. The van der Waals surface area contributed by atoms with Crippen LogP contribution in [0, 0.1) is 5.92 Å². The number of aromatic nitrogens is 2. The van der Waals surface area contributed by atoms with Crippen LogP contribution in [0.3, 0.4) is 0 Å². The standard InChI is InChI=1S/C28H32N6O3S/c1-18(29-17-19-14-15-19)25(35)30-24(21-11-6-3-7-12-21)28(37)34-16-8-13-22(34)26(36)31-27-23(32-33-38-27)20-9-4-2-5-10-20/h2-7,9-12,18-19,22,24,29H,8,13-17H2,1H3,(H,30,35)(H,31,36)/t18?,22-,24-/m0/s1. The summed E-state index contributed by atoms with van der Waals surface area (Å²) in [5.74, 6) is -0.174. The molecule has 0 bridgehead atoms. The zero-order chi connectivity index (χ0) is 26.5. The number of anilines is 1. The Hall–Kier alpha value is -3.63. The van der Waals surface area contributed by atoms with Gasteiger partial charge in [0.05, 0.1) is 6.04 Å². The fraction of sp³-hybridized carbons (Fsp3) is 0.393. The number of carbonyl (C=O) groups is 3. The van der Waals surface area contributed by atoms with E-state index in [1.54, 1.807) is 4.90 Å². The van der Waals surface area contributed by atoms with Crippen LogP contribution in [0.2, 0.25) is 0 Å². The Balaban J connectivity index is 1.30. The average molecular weight is 533 g/mol. The first kappa shape index (κ1) is 26.0. The summed E-state index contributed by atoms with van der Waals surface area (Å²) in [6.45, 7) is 3.05. The Bertz CT molecular complexity index is 1260. The summed E-state index contributed by atoms with van der Waals surface area (Å²) >= 11 is 1.11. The van der Waals surface area contributed by atoms with Gasteiger partial charge in [0.25, 0.3) is 0 Å². The number of benzene rings is 2. The van der Waals surface area contributed by atoms with Gasteiger partial charge in [0.2, 0.25) is 17.7 Å². The minimum Gasteiger partial charge on any atom is -0.339 e. The Labute approximate surface area is 226 Å². The molecule has 0 spiro atoms. The first-order chi connectivity index (χ1) is 18.5. The molecule has 3 amide bonds. The molecule has 2 fully saturated rings. The molecule has 2 heterocycles. The van der Waals surface area contributed by atoms with E-state index in [4.69, 9.17) is 0 Å². The number of likely N-dealkylation sites (tertiary alicyclic amines) is 1. The van der Waals surface area contributed by atoms with Gasteiger partial charge in [-0.3, -0.25) is 14.4 Å². The minimum absolute atomic E-state index is 0.240. The van der Waals surface area contributed by atoms with Gasteiger partial charge in [0.1, 0.15) is 22.8 Å². The summed E-state index contributed by atoms with van der Waals surface area (Å²) in [5, 5.41) is 13.9. The van der Waals surface area contributed by atoms with Gasteiger partial charge in [0.15, 0.2) is 0 Å². The van der Waals surface area contributed by atoms with Crippen LogP contribution in [0.25, 0.3) is 11.3 Å². The molecule has 1 unspecified atom stereocenters. The maximum Gasteiger partial charge on any atom is 0.250 e. The normalized spacial score (nSPS) is 18.6. The zero-order valence-corrected chi connectivity index (χ0v) is 22.1. The van der Waals surface area contributed by atoms with E-state index in [0.29, 0.717) is 41.6 Å². The fourth-order valence-electron chi connectivity index (χ4n) is 4.68. The van der Waals surface area contributed by atoms with E-state index in [1.807, 2.05) is 67.6 Å². The van der Waals surface area contributed by atoms with Gasteiger partial charge in [-0.15, -0.1) is 5.10 Å². The molecule has 1 saturated carbocycles. The van der Waals surface area contributed by atoms with Crippen molar-refractivity contribution >= 4 is 34.3 Å². The van der Waals surface area contributed by atoms with Crippen LogP contribution in [-0.2, 0) is 14.4 Å². The van der Waals surface area contributed by atoms with Gasteiger partial charge in [-0.1, -0.05) is 65.2 Å². The predicted molar refractivity (Wildman–Crippen MR) is 146 cm³/mol. The lowest BCUT2D eigenvalue weighted by Gasteiger charge is -2.29. The lowest BCUT2D eigenvalue weighted by molar-refractivity contribution is -0.140. The lowest BCUT2D eigenvalue weighted by Crippen LogP contribution is -2.51. The minimum atomic E-state index is -0.882. The Morgan fingerprint density at radius 3 is 2.45 bits per heavy atom. The number of carbonyl (C=O) groups excluding carboxylic acids is 3. The van der Waals surface area contributed by atoms with Crippen LogP contribution in [0.4, 0.5) is 5.00 Å². The van der Waals surface area contributed by atoms with Crippen molar-refractivity contribution in [2.24, 2.45) is 5.92 Å². The number of nitrogens with zero attached hydrogens (tertiary/aromatic N) is 3. The third-order valence-electron chi connectivity index (χ3n) is 7.08. The maximum absolute atomic E-state index is 13.9. The van der Waals surface area contributed by atoms with Gasteiger partial charge in [-0.2, -0.15) is 0 Å². The second-order valence-electron chi connectivity index (χ2n) is 9.92. The number of rotatable bonds is 10. The van der Waals surface area contributed by atoms with E-state index in [1.165, 1.54) is 12.8 Å². The molecule has 1 aliphatic heterocycles. The zero-order valence-electron chi connectivity index (χ0n) is 21.3. The second kappa shape index (κ2) is 11.8. The van der Waals surface area contributed by atoms with Crippen molar-refractivity contribution in [3.05, 3.63) is 66.2 Å². The number of hydrogen-bond donors (Lipinski definition) is 3. The van der Waals surface area contributed by atoms with Crippen LogP contribution >= 0.6 is 11.5 Å². The predicted octanol–water partition coefficient (Wildman–Crippen LogP) is 3.38. The molecule has 2 aromatic carbocycles. The highest BCUT2D eigenvalue weighted by Gasteiger charge is 2.39. The van der Waals surface area contributed by atoms with Crippen LogP contribution in [0.15, 0.2) is 60.7 Å². The SMILES string of the molecule is CC(NCC1CC1)C(=O)N[C@H](C(=O)N1CCC[C@H]1C(=O)Nc1snnc1-c1ccccc1)c1ccccc1. The van der Waals surface area contributed by atoms with Crippen molar-refractivity contribution in [3.8, 4) is 11.3 Å². The summed E-state index contributed by atoms with van der Waals surface area (Å²) in [5.41, 5.74) is 2.14. The molecule has 0 radical (unpaired) electrons. The van der Waals surface area contributed by atoms with Gasteiger partial charge in [-0.05, 0) is 50.6 Å². The fourth-order valence-corrected chi connectivity index (χ4v) is 5.28. The lowest BCUT2D eigenvalue weighted by atomic mass is 10.0. The molecule has 1 aliphatic carbocycles. The Kier molecular flexibility index (Phi) is 8.09. The molecule has 38 heavy (non-hydrogen) atoms. The van der Waals surface area contributed by atoms with E-state index < -0.39 is 18.1 Å². The smallest absolute Gasteiger partial charge is 0.250 e. The Morgan fingerprint density at radius 2 is 1.74 bits per heavy atom. The number of amides is 3.